The Labute approximate surface area is 141 Å². The van der Waals surface area contributed by atoms with Gasteiger partial charge in [0.1, 0.15) is 11.5 Å². The van der Waals surface area contributed by atoms with Gasteiger partial charge in [-0.05, 0) is 25.0 Å². The highest BCUT2D eigenvalue weighted by molar-refractivity contribution is 5.95. The van der Waals surface area contributed by atoms with Gasteiger partial charge in [-0.3, -0.25) is 14.8 Å². The molecule has 1 saturated heterocycles. The van der Waals surface area contributed by atoms with Gasteiger partial charge in [0.25, 0.3) is 5.91 Å². The van der Waals surface area contributed by atoms with E-state index in [-0.39, 0.29) is 5.91 Å². The average Bonchev–Trinajstić information content (AvgIpc) is 2.67. The molecule has 1 aromatic carbocycles. The van der Waals surface area contributed by atoms with E-state index < -0.39 is 0 Å². The monoisotopic (exact) mass is 327 g/mol. The molecule has 0 aliphatic carbocycles. The van der Waals surface area contributed by atoms with Crippen molar-refractivity contribution in [3.05, 3.63) is 48.0 Å². The van der Waals surface area contributed by atoms with Crippen LogP contribution >= 0.6 is 0 Å². The molecule has 0 saturated carbocycles. The second kappa shape index (κ2) is 7.29. The molecule has 2 heterocycles. The number of nitrogens with zero attached hydrogens (tertiary/aromatic N) is 3. The predicted octanol–water partition coefficient (Wildman–Crippen LogP) is 2.51. The van der Waals surface area contributed by atoms with E-state index in [0.717, 1.165) is 18.5 Å². The number of amides is 1. The number of carbonyl (C=O) groups is 1. The van der Waals surface area contributed by atoms with Crippen LogP contribution in [0.15, 0.2) is 36.8 Å². The van der Waals surface area contributed by atoms with E-state index in [4.69, 9.17) is 9.47 Å². The Hall–Kier alpha value is -2.63. The lowest BCUT2D eigenvalue weighted by molar-refractivity contribution is 0.0711. The van der Waals surface area contributed by atoms with Crippen molar-refractivity contribution in [3.63, 3.8) is 0 Å². The van der Waals surface area contributed by atoms with E-state index in [1.54, 1.807) is 44.8 Å². The Morgan fingerprint density at radius 1 is 1.08 bits per heavy atom. The van der Waals surface area contributed by atoms with Crippen LogP contribution in [-0.2, 0) is 0 Å². The van der Waals surface area contributed by atoms with E-state index in [1.165, 1.54) is 0 Å². The van der Waals surface area contributed by atoms with Crippen molar-refractivity contribution in [2.24, 2.45) is 0 Å². The lowest BCUT2D eigenvalue weighted by Crippen LogP contribution is -2.38. The number of benzene rings is 1. The first-order valence-corrected chi connectivity index (χ1v) is 7.99. The molecule has 0 atom stereocenters. The minimum atomic E-state index is 0.00444. The van der Waals surface area contributed by atoms with Crippen molar-refractivity contribution >= 4 is 5.91 Å². The van der Waals surface area contributed by atoms with Gasteiger partial charge in [-0.15, -0.1) is 0 Å². The summed E-state index contributed by atoms with van der Waals surface area (Å²) in [6.45, 7) is 1.42. The normalized spacial score (nSPS) is 15.2. The molecule has 1 aliphatic heterocycles. The fourth-order valence-corrected chi connectivity index (χ4v) is 3.01. The Balaban J connectivity index is 1.69. The van der Waals surface area contributed by atoms with Crippen LogP contribution in [0.5, 0.6) is 11.5 Å². The fourth-order valence-electron chi connectivity index (χ4n) is 3.01. The third-order valence-electron chi connectivity index (χ3n) is 4.38. The minimum Gasteiger partial charge on any atom is -0.497 e. The second-order valence-corrected chi connectivity index (χ2v) is 5.80. The predicted molar refractivity (Wildman–Crippen MR) is 89.5 cm³/mol. The summed E-state index contributed by atoms with van der Waals surface area (Å²) in [5.41, 5.74) is 1.59. The summed E-state index contributed by atoms with van der Waals surface area (Å²) in [6, 6.07) is 5.26. The molecule has 6 nitrogen and oxygen atoms in total. The molecule has 0 N–H and O–H groups in total. The van der Waals surface area contributed by atoms with Crippen molar-refractivity contribution in [2.45, 2.75) is 18.8 Å². The number of piperidine rings is 1. The molecule has 2 aromatic rings. The summed E-state index contributed by atoms with van der Waals surface area (Å²) in [6.07, 6.45) is 7.00. The Morgan fingerprint density at radius 2 is 1.75 bits per heavy atom. The quantitative estimate of drug-likeness (QED) is 0.863. The van der Waals surface area contributed by atoms with Crippen LogP contribution in [0, 0.1) is 0 Å². The smallest absolute Gasteiger partial charge is 0.254 e. The Morgan fingerprint density at radius 3 is 2.29 bits per heavy atom. The van der Waals surface area contributed by atoms with Crippen LogP contribution in [0.2, 0.25) is 0 Å². The summed E-state index contributed by atoms with van der Waals surface area (Å²) < 4.78 is 10.5. The van der Waals surface area contributed by atoms with Crippen LogP contribution in [0.1, 0.15) is 34.8 Å². The molecule has 1 aliphatic rings. The molecule has 0 spiro atoms. The molecule has 0 unspecified atom stereocenters. The summed E-state index contributed by atoms with van der Waals surface area (Å²) in [5.74, 6) is 1.60. The van der Waals surface area contributed by atoms with Crippen molar-refractivity contribution in [2.75, 3.05) is 27.3 Å². The first kappa shape index (κ1) is 16.2. The van der Waals surface area contributed by atoms with E-state index >= 15 is 0 Å². The topological polar surface area (TPSA) is 64.6 Å². The van der Waals surface area contributed by atoms with Gasteiger partial charge < -0.3 is 14.4 Å². The molecule has 1 fully saturated rings. The molecule has 0 bridgehead atoms. The number of methoxy groups -OCH3 is 2. The number of hydrogen-bond donors (Lipinski definition) is 0. The number of hydrogen-bond acceptors (Lipinski definition) is 5. The van der Waals surface area contributed by atoms with Gasteiger partial charge in [-0.1, -0.05) is 0 Å². The average molecular weight is 327 g/mol. The summed E-state index contributed by atoms with van der Waals surface area (Å²) in [7, 11) is 3.16. The minimum absolute atomic E-state index is 0.00444. The van der Waals surface area contributed by atoms with Gasteiger partial charge in [-0.25, -0.2) is 0 Å². The number of carbonyl (C=O) groups excluding carboxylic acids is 1. The molecule has 24 heavy (non-hydrogen) atoms. The van der Waals surface area contributed by atoms with Gasteiger partial charge >= 0.3 is 0 Å². The lowest BCUT2D eigenvalue weighted by Gasteiger charge is -2.31. The van der Waals surface area contributed by atoms with Crippen molar-refractivity contribution < 1.29 is 14.3 Å². The SMILES string of the molecule is COc1cc(OC)cc(C(=O)N2CCC(c3cnccn3)CC2)c1. The van der Waals surface area contributed by atoms with Gasteiger partial charge in [0.15, 0.2) is 0 Å². The third kappa shape index (κ3) is 3.48. The first-order valence-electron chi connectivity index (χ1n) is 7.99. The zero-order chi connectivity index (χ0) is 16.9. The van der Waals surface area contributed by atoms with Crippen LogP contribution in [0.25, 0.3) is 0 Å². The number of rotatable bonds is 4. The second-order valence-electron chi connectivity index (χ2n) is 5.80. The summed E-state index contributed by atoms with van der Waals surface area (Å²) >= 11 is 0. The van der Waals surface area contributed by atoms with Crippen LogP contribution in [0.4, 0.5) is 0 Å². The molecular weight excluding hydrogens is 306 g/mol. The molecule has 0 radical (unpaired) electrons. The van der Waals surface area contributed by atoms with E-state index in [2.05, 4.69) is 9.97 Å². The highest BCUT2D eigenvalue weighted by Crippen LogP contribution is 2.28. The number of ether oxygens (including phenoxy) is 2. The molecule has 3 rings (SSSR count). The number of aromatic nitrogens is 2. The van der Waals surface area contributed by atoms with Crippen molar-refractivity contribution in [1.29, 1.82) is 0 Å². The third-order valence-corrected chi connectivity index (χ3v) is 4.38. The van der Waals surface area contributed by atoms with Crippen LogP contribution < -0.4 is 9.47 Å². The van der Waals surface area contributed by atoms with E-state index in [1.807, 2.05) is 11.1 Å². The van der Waals surface area contributed by atoms with Crippen molar-refractivity contribution in [3.8, 4) is 11.5 Å². The Bertz CT molecular complexity index is 676. The van der Waals surface area contributed by atoms with Gasteiger partial charge in [-0.2, -0.15) is 0 Å². The van der Waals surface area contributed by atoms with Crippen molar-refractivity contribution in [1.82, 2.24) is 14.9 Å². The molecule has 1 aromatic heterocycles. The zero-order valence-electron chi connectivity index (χ0n) is 13.9. The van der Waals surface area contributed by atoms with Gasteiger partial charge in [0, 0.05) is 49.2 Å². The van der Waals surface area contributed by atoms with E-state index in [9.17, 15) is 4.79 Å². The molecule has 1 amide bonds. The first-order chi connectivity index (χ1) is 11.7. The highest BCUT2D eigenvalue weighted by atomic mass is 16.5. The Kier molecular flexibility index (Phi) is 4.93. The van der Waals surface area contributed by atoms with Crippen LogP contribution in [-0.4, -0.2) is 48.1 Å². The molecular formula is C18H21N3O3. The number of likely N-dealkylation sites (tertiary alicyclic amines) is 1. The van der Waals surface area contributed by atoms with Crippen LogP contribution in [0.3, 0.4) is 0 Å². The van der Waals surface area contributed by atoms with Gasteiger partial charge in [0.2, 0.25) is 0 Å². The highest BCUT2D eigenvalue weighted by Gasteiger charge is 2.26. The molecule has 126 valence electrons. The largest absolute Gasteiger partial charge is 0.497 e. The lowest BCUT2D eigenvalue weighted by atomic mass is 9.93. The summed E-state index contributed by atoms with van der Waals surface area (Å²) in [4.78, 5) is 23.1. The standard InChI is InChI=1S/C18H21N3O3/c1-23-15-9-14(10-16(11-15)24-2)18(22)21-7-3-13(4-8-21)17-12-19-5-6-20-17/h5-6,9-13H,3-4,7-8H2,1-2H3. The van der Waals surface area contributed by atoms with Gasteiger partial charge in [0.05, 0.1) is 19.9 Å². The maximum Gasteiger partial charge on any atom is 0.254 e. The zero-order valence-corrected chi connectivity index (χ0v) is 13.9. The summed E-state index contributed by atoms with van der Waals surface area (Å²) in [5, 5.41) is 0. The molecule has 6 heteroatoms. The van der Waals surface area contributed by atoms with E-state index in [0.29, 0.717) is 36.1 Å². The maximum absolute atomic E-state index is 12.8. The maximum atomic E-state index is 12.8. The fraction of sp³-hybridized carbons (Fsp3) is 0.389.